The Labute approximate surface area is 230 Å². The quantitative estimate of drug-likeness (QED) is 0.195. The van der Waals surface area contributed by atoms with Gasteiger partial charge in [0.05, 0.1) is 5.56 Å². The van der Waals surface area contributed by atoms with E-state index in [4.69, 9.17) is 0 Å². The molecule has 1 aliphatic rings. The molecule has 0 fully saturated rings. The smallest absolute Gasteiger partial charge is 0.416 e. The number of halogens is 5. The van der Waals surface area contributed by atoms with E-state index in [9.17, 15) is 27.9 Å². The van der Waals surface area contributed by atoms with E-state index in [1.807, 2.05) is 6.92 Å². The van der Waals surface area contributed by atoms with E-state index < -0.39 is 46.4 Å². The molecule has 0 amide bonds. The van der Waals surface area contributed by atoms with Crippen LogP contribution in [0.15, 0.2) is 82.6 Å². The number of hydrogen-bond acceptors (Lipinski definition) is 4. The van der Waals surface area contributed by atoms with Crippen LogP contribution < -0.4 is 5.56 Å². The Balaban J connectivity index is 1.87. The van der Waals surface area contributed by atoms with Crippen molar-refractivity contribution in [3.8, 4) is 11.1 Å². The molecule has 0 saturated carbocycles. The topological polar surface area (TPSA) is 62.5 Å². The maximum absolute atomic E-state index is 16.6. The molecule has 11 heteroatoms. The number of carboxylic acid groups (broad SMARTS) is 1. The number of rotatable bonds is 6. The van der Waals surface area contributed by atoms with Crippen molar-refractivity contribution in [1.29, 1.82) is 0 Å². The molecule has 1 atom stereocenters. The van der Waals surface area contributed by atoms with E-state index in [0.29, 0.717) is 24.4 Å². The summed E-state index contributed by atoms with van der Waals surface area (Å²) in [5, 5.41) is 10.5. The molecule has 1 aromatic heterocycles. The van der Waals surface area contributed by atoms with Gasteiger partial charge in [0.25, 0.3) is 11.5 Å². The third-order valence-corrected chi connectivity index (χ3v) is 7.98. The van der Waals surface area contributed by atoms with E-state index in [0.717, 1.165) is 34.7 Å². The minimum Gasteiger partial charge on any atom is -0.480 e. The molecule has 0 saturated heterocycles. The van der Waals surface area contributed by atoms with Crippen LogP contribution in [0.5, 0.6) is 0 Å². The molecule has 0 aliphatic carbocycles. The maximum atomic E-state index is 16.6. The highest BCUT2D eigenvalue weighted by Crippen LogP contribution is 2.48. The van der Waals surface area contributed by atoms with Crippen molar-refractivity contribution in [2.45, 2.75) is 36.5 Å². The summed E-state index contributed by atoms with van der Waals surface area (Å²) in [7, 11) is 0. The van der Waals surface area contributed by atoms with Gasteiger partial charge in [-0.2, -0.15) is 22.0 Å². The number of nitrogens with zero attached hydrogens (tertiary/aromatic N) is 2. The molecule has 5 nitrogen and oxygen atoms in total. The van der Waals surface area contributed by atoms with E-state index >= 15 is 8.78 Å². The highest BCUT2D eigenvalue weighted by molar-refractivity contribution is 7.97. The van der Waals surface area contributed by atoms with Crippen molar-refractivity contribution in [2.75, 3.05) is 13.1 Å². The number of carbonyl (C=O) groups is 1. The van der Waals surface area contributed by atoms with Gasteiger partial charge < -0.3 is 5.11 Å². The van der Waals surface area contributed by atoms with E-state index in [-0.39, 0.29) is 28.1 Å². The third kappa shape index (κ3) is 4.88. The van der Waals surface area contributed by atoms with Gasteiger partial charge in [0.2, 0.25) is 0 Å². The van der Waals surface area contributed by atoms with Crippen LogP contribution in [0.25, 0.3) is 21.9 Å². The Morgan fingerprint density at radius 1 is 0.975 bits per heavy atom. The van der Waals surface area contributed by atoms with Gasteiger partial charge in [-0.3, -0.25) is 9.36 Å². The normalized spacial score (nSPS) is 16.2. The molecule has 1 unspecified atom stereocenters. The fourth-order valence-electron chi connectivity index (χ4n) is 5.02. The second-order valence-electron chi connectivity index (χ2n) is 9.46. The number of pyridine rings is 1. The summed E-state index contributed by atoms with van der Waals surface area (Å²) in [5.74, 6) is -5.18. The molecule has 1 aliphatic heterocycles. The zero-order valence-electron chi connectivity index (χ0n) is 21.1. The van der Waals surface area contributed by atoms with Crippen LogP contribution in [0.1, 0.15) is 36.1 Å². The molecular formula is C29H23F5N2O3S. The molecule has 0 radical (unpaired) electrons. The number of fused-ring (bicyclic) bond motifs is 2. The fourth-order valence-corrected chi connectivity index (χ4v) is 6.38. The Hall–Kier alpha value is -3.70. The lowest BCUT2D eigenvalue weighted by Gasteiger charge is -2.35. The molecule has 0 spiro atoms. The van der Waals surface area contributed by atoms with Gasteiger partial charge >= 0.3 is 12.1 Å². The van der Waals surface area contributed by atoms with E-state index in [1.165, 1.54) is 24.3 Å². The van der Waals surface area contributed by atoms with Crippen LogP contribution in [0.2, 0.25) is 0 Å². The summed E-state index contributed by atoms with van der Waals surface area (Å²) in [6, 6.07) is 13.9. The van der Waals surface area contributed by atoms with Crippen LogP contribution >= 0.6 is 11.9 Å². The number of benzene rings is 3. The standard InChI is InChI=1S/C29H23F5N2O3S/c1-2-13-35-16-23(27(38)39)36-24(37)15-22(28(30,31)21-12-6-8-17-7-3-4-11-20(17)21)25(26(36)40-35)18-9-5-10-19(14-18)29(32,33)34/h3-12,14-15,23H,2,13,16H2,1H3,(H,38,39). The van der Waals surface area contributed by atoms with Gasteiger partial charge in [-0.25, -0.2) is 9.10 Å². The summed E-state index contributed by atoms with van der Waals surface area (Å²) in [5.41, 5.74) is -3.78. The molecule has 208 valence electrons. The molecule has 2 heterocycles. The Bertz CT molecular complexity index is 1660. The van der Waals surface area contributed by atoms with Gasteiger partial charge in [-0.05, 0) is 46.8 Å². The predicted molar refractivity (Wildman–Crippen MR) is 142 cm³/mol. The molecule has 40 heavy (non-hydrogen) atoms. The number of alkyl halides is 5. The Kier molecular flexibility index (Phi) is 7.22. The highest BCUT2D eigenvalue weighted by atomic mass is 32.2. The zero-order valence-corrected chi connectivity index (χ0v) is 21.9. The summed E-state index contributed by atoms with van der Waals surface area (Å²) < 4.78 is 76.9. The second-order valence-corrected chi connectivity index (χ2v) is 10.5. The van der Waals surface area contributed by atoms with Crippen molar-refractivity contribution in [2.24, 2.45) is 0 Å². The SMILES string of the molecule is CCCN1CC(C(=O)O)n2c(c(-c3cccc(C(F)(F)F)c3)c(C(F)(F)c3cccc4ccccc34)cc2=O)S1. The largest absolute Gasteiger partial charge is 0.480 e. The van der Waals surface area contributed by atoms with Gasteiger partial charge in [0.1, 0.15) is 11.1 Å². The molecule has 0 bridgehead atoms. The van der Waals surface area contributed by atoms with Crippen molar-refractivity contribution in [3.05, 3.63) is 99.8 Å². The van der Waals surface area contributed by atoms with E-state index in [2.05, 4.69) is 0 Å². The molecule has 1 N–H and O–H groups in total. The Morgan fingerprint density at radius 3 is 2.38 bits per heavy atom. The van der Waals surface area contributed by atoms with Crippen molar-refractivity contribution >= 4 is 28.7 Å². The van der Waals surface area contributed by atoms with Gasteiger partial charge in [-0.15, -0.1) is 0 Å². The lowest BCUT2D eigenvalue weighted by Crippen LogP contribution is -2.42. The van der Waals surface area contributed by atoms with Crippen molar-refractivity contribution < 1.29 is 31.9 Å². The first-order valence-corrected chi connectivity index (χ1v) is 13.2. The van der Waals surface area contributed by atoms with Gasteiger partial charge in [-0.1, -0.05) is 61.5 Å². The fraction of sp³-hybridized carbons (Fsp3) is 0.241. The maximum Gasteiger partial charge on any atom is 0.416 e. The van der Waals surface area contributed by atoms with E-state index in [1.54, 1.807) is 28.6 Å². The first-order chi connectivity index (χ1) is 18.9. The van der Waals surface area contributed by atoms with Crippen LogP contribution in [-0.4, -0.2) is 33.0 Å². The van der Waals surface area contributed by atoms with Crippen LogP contribution in [-0.2, 0) is 16.9 Å². The minimum absolute atomic E-state index is 0.0815. The molecular weight excluding hydrogens is 551 g/mol. The third-order valence-electron chi connectivity index (χ3n) is 6.81. The highest BCUT2D eigenvalue weighted by Gasteiger charge is 2.43. The summed E-state index contributed by atoms with van der Waals surface area (Å²) in [4.78, 5) is 25.6. The Morgan fingerprint density at radius 2 is 1.68 bits per heavy atom. The lowest BCUT2D eigenvalue weighted by atomic mass is 9.90. The predicted octanol–water partition coefficient (Wildman–Crippen LogP) is 7.19. The minimum atomic E-state index is -4.76. The first kappa shape index (κ1) is 27.9. The summed E-state index contributed by atoms with van der Waals surface area (Å²) in [6.07, 6.45) is -4.17. The average molecular weight is 575 g/mol. The molecule has 4 aromatic rings. The number of carboxylic acids is 1. The van der Waals surface area contributed by atoms with Gasteiger partial charge in [0, 0.05) is 35.8 Å². The van der Waals surface area contributed by atoms with Crippen molar-refractivity contribution in [1.82, 2.24) is 8.87 Å². The monoisotopic (exact) mass is 574 g/mol. The lowest BCUT2D eigenvalue weighted by molar-refractivity contribution is -0.141. The second kappa shape index (κ2) is 10.4. The van der Waals surface area contributed by atoms with Crippen LogP contribution in [0.3, 0.4) is 0 Å². The van der Waals surface area contributed by atoms with Gasteiger partial charge in [0.15, 0.2) is 0 Å². The molecule has 3 aromatic carbocycles. The summed E-state index contributed by atoms with van der Waals surface area (Å²) >= 11 is 0.899. The summed E-state index contributed by atoms with van der Waals surface area (Å²) in [6.45, 7) is 2.13. The van der Waals surface area contributed by atoms with Crippen molar-refractivity contribution in [3.63, 3.8) is 0 Å². The number of hydrogen-bond donors (Lipinski definition) is 1. The average Bonchev–Trinajstić information content (AvgIpc) is 2.91. The number of aromatic nitrogens is 1. The zero-order chi connectivity index (χ0) is 28.8. The van der Waals surface area contributed by atoms with Crippen LogP contribution in [0.4, 0.5) is 22.0 Å². The first-order valence-electron chi connectivity index (χ1n) is 12.4. The number of aliphatic carboxylic acids is 1. The van der Waals surface area contributed by atoms with Crippen LogP contribution in [0, 0.1) is 0 Å². The molecule has 5 rings (SSSR count).